The van der Waals surface area contributed by atoms with E-state index in [9.17, 15) is 9.59 Å². The van der Waals surface area contributed by atoms with Gasteiger partial charge in [-0.05, 0) is 55.0 Å². The van der Waals surface area contributed by atoms with Gasteiger partial charge in [-0.2, -0.15) is 0 Å². The first-order valence-electron chi connectivity index (χ1n) is 11.3. The van der Waals surface area contributed by atoms with Crippen LogP contribution in [0.1, 0.15) is 42.1 Å². The average Bonchev–Trinajstić information content (AvgIpc) is 2.80. The Morgan fingerprint density at radius 2 is 1.84 bits per heavy atom. The molecule has 1 amide bonds. The molecule has 6 nitrogen and oxygen atoms in total. The highest BCUT2D eigenvalue weighted by Gasteiger charge is 2.22. The van der Waals surface area contributed by atoms with Crippen LogP contribution in [0.4, 0.5) is 11.6 Å². The molecule has 3 aromatic rings. The Bertz CT molecular complexity index is 1150. The number of nitrogens with one attached hydrogen (secondary N) is 1. The predicted molar refractivity (Wildman–Crippen MR) is 128 cm³/mol. The summed E-state index contributed by atoms with van der Waals surface area (Å²) >= 11 is 0. The van der Waals surface area contributed by atoms with Gasteiger partial charge < -0.3 is 10.2 Å². The first-order chi connectivity index (χ1) is 15.5. The van der Waals surface area contributed by atoms with E-state index in [1.807, 2.05) is 37.3 Å². The summed E-state index contributed by atoms with van der Waals surface area (Å²) in [5, 5.41) is 2.92. The van der Waals surface area contributed by atoms with Crippen molar-refractivity contribution in [2.24, 2.45) is 0 Å². The van der Waals surface area contributed by atoms with Crippen molar-refractivity contribution >= 4 is 17.5 Å². The van der Waals surface area contributed by atoms with E-state index in [1.165, 1.54) is 27.3 Å². The number of benzene rings is 2. The maximum Gasteiger partial charge on any atom is 0.255 e. The van der Waals surface area contributed by atoms with Crippen molar-refractivity contribution in [3.8, 4) is 0 Å². The number of carbonyl (C=O) groups excluding carboxylic acids is 1. The largest absolute Gasteiger partial charge is 0.337 e. The molecule has 166 valence electrons. The highest BCUT2D eigenvalue weighted by molar-refractivity contribution is 5.90. The number of fused-ring (bicyclic) bond motifs is 1. The minimum Gasteiger partial charge on any atom is -0.337 e. The van der Waals surface area contributed by atoms with Gasteiger partial charge in [-0.3, -0.25) is 14.2 Å². The highest BCUT2D eigenvalue weighted by atomic mass is 16.2. The maximum absolute atomic E-state index is 12.8. The second-order valence-corrected chi connectivity index (χ2v) is 8.41. The molecule has 0 aliphatic carbocycles. The summed E-state index contributed by atoms with van der Waals surface area (Å²) in [6.45, 7) is 5.35. The maximum atomic E-state index is 12.8. The number of unbranched alkanes of at least 4 members (excludes halogenated alkanes) is 1. The van der Waals surface area contributed by atoms with Crippen LogP contribution < -0.4 is 15.8 Å². The molecule has 0 spiro atoms. The summed E-state index contributed by atoms with van der Waals surface area (Å²) in [6, 6.07) is 17.7. The van der Waals surface area contributed by atoms with E-state index < -0.39 is 0 Å². The second kappa shape index (κ2) is 9.81. The minimum atomic E-state index is -0.238. The number of aryl methyl sites for hydroxylation is 2. The molecule has 1 N–H and O–H groups in total. The molecule has 0 bridgehead atoms. The minimum absolute atomic E-state index is 0.0722. The number of nitrogens with zero attached hydrogens (tertiary/aromatic N) is 3. The third kappa shape index (κ3) is 5.07. The molecule has 32 heavy (non-hydrogen) atoms. The number of aromatic nitrogens is 2. The lowest BCUT2D eigenvalue weighted by molar-refractivity contribution is -0.116. The van der Waals surface area contributed by atoms with E-state index in [-0.39, 0.29) is 18.0 Å². The number of anilines is 2. The lowest BCUT2D eigenvalue weighted by Crippen LogP contribution is -2.38. The normalized spacial score (nSPS) is 13.0. The average molecular weight is 431 g/mol. The van der Waals surface area contributed by atoms with Gasteiger partial charge in [-0.1, -0.05) is 49.7 Å². The zero-order valence-electron chi connectivity index (χ0n) is 18.8. The fourth-order valence-corrected chi connectivity index (χ4v) is 4.14. The Labute approximate surface area is 188 Å². The third-order valence-corrected chi connectivity index (χ3v) is 5.89. The van der Waals surface area contributed by atoms with Crippen molar-refractivity contribution < 1.29 is 4.79 Å². The second-order valence-electron chi connectivity index (χ2n) is 8.41. The van der Waals surface area contributed by atoms with E-state index in [2.05, 4.69) is 40.3 Å². The van der Waals surface area contributed by atoms with Gasteiger partial charge in [0.05, 0.1) is 0 Å². The first-order valence-corrected chi connectivity index (χ1v) is 11.3. The van der Waals surface area contributed by atoms with Crippen LogP contribution in [-0.4, -0.2) is 22.0 Å². The monoisotopic (exact) mass is 430 g/mol. The van der Waals surface area contributed by atoms with Crippen LogP contribution in [0.5, 0.6) is 0 Å². The quantitative estimate of drug-likeness (QED) is 0.613. The molecule has 0 atom stereocenters. The van der Waals surface area contributed by atoms with Gasteiger partial charge in [-0.15, -0.1) is 0 Å². The van der Waals surface area contributed by atoms with Gasteiger partial charge in [0.15, 0.2) is 0 Å². The SMILES string of the molecule is CCCCc1ccc(NC(=O)Cn2c(N3CCc4ccccc4C3)nc(C)cc2=O)cc1. The van der Waals surface area contributed by atoms with Crippen molar-refractivity contribution in [3.05, 3.63) is 87.3 Å². The zero-order valence-corrected chi connectivity index (χ0v) is 18.8. The molecule has 1 aliphatic heterocycles. The summed E-state index contributed by atoms with van der Waals surface area (Å²) < 4.78 is 1.48. The molecule has 0 saturated heterocycles. The number of hydrogen-bond donors (Lipinski definition) is 1. The Kier molecular flexibility index (Phi) is 6.69. The molecule has 6 heteroatoms. The standard InChI is InChI=1S/C26H30N4O2/c1-3-4-7-20-10-12-23(13-11-20)28-24(31)18-30-25(32)16-19(2)27-26(30)29-15-14-21-8-5-6-9-22(21)17-29/h5-6,8-13,16H,3-4,7,14-15,17-18H2,1-2H3,(H,28,31). The van der Waals surface area contributed by atoms with Crippen LogP contribution in [0.15, 0.2) is 59.4 Å². The van der Waals surface area contributed by atoms with Crippen LogP contribution >= 0.6 is 0 Å². The Morgan fingerprint density at radius 1 is 1.09 bits per heavy atom. The van der Waals surface area contributed by atoms with Crippen LogP contribution in [-0.2, 0) is 30.7 Å². The third-order valence-electron chi connectivity index (χ3n) is 5.89. The Morgan fingerprint density at radius 3 is 2.59 bits per heavy atom. The van der Waals surface area contributed by atoms with Crippen molar-refractivity contribution in [1.82, 2.24) is 9.55 Å². The van der Waals surface area contributed by atoms with E-state index in [4.69, 9.17) is 0 Å². The lowest BCUT2D eigenvalue weighted by atomic mass is 10.0. The number of rotatable bonds is 7. The van der Waals surface area contributed by atoms with E-state index in [0.29, 0.717) is 18.2 Å². The smallest absolute Gasteiger partial charge is 0.255 e. The van der Waals surface area contributed by atoms with Crippen LogP contribution in [0, 0.1) is 6.92 Å². The van der Waals surface area contributed by atoms with Gasteiger partial charge >= 0.3 is 0 Å². The molecular formula is C26H30N4O2. The van der Waals surface area contributed by atoms with Crippen LogP contribution in [0.3, 0.4) is 0 Å². The number of hydrogen-bond acceptors (Lipinski definition) is 4. The predicted octanol–water partition coefficient (Wildman–Crippen LogP) is 4.10. The van der Waals surface area contributed by atoms with Gasteiger partial charge in [0, 0.05) is 30.5 Å². The summed E-state index contributed by atoms with van der Waals surface area (Å²) in [5.41, 5.74) is 4.99. The van der Waals surface area contributed by atoms with Crippen molar-refractivity contribution in [2.45, 2.75) is 52.6 Å². The molecule has 1 aliphatic rings. The van der Waals surface area contributed by atoms with Gasteiger partial charge in [0.25, 0.3) is 5.56 Å². The molecule has 0 fully saturated rings. The first kappa shape index (κ1) is 21.8. The summed E-state index contributed by atoms with van der Waals surface area (Å²) in [5.74, 6) is 0.312. The highest BCUT2D eigenvalue weighted by Crippen LogP contribution is 2.23. The van der Waals surface area contributed by atoms with Gasteiger partial charge in [0.1, 0.15) is 6.54 Å². The number of amides is 1. The molecule has 0 radical (unpaired) electrons. The summed E-state index contributed by atoms with van der Waals surface area (Å²) in [7, 11) is 0. The van der Waals surface area contributed by atoms with E-state index >= 15 is 0 Å². The molecule has 0 unspecified atom stereocenters. The van der Waals surface area contributed by atoms with E-state index in [0.717, 1.165) is 37.9 Å². The van der Waals surface area contributed by atoms with Crippen molar-refractivity contribution in [3.63, 3.8) is 0 Å². The molecule has 1 aromatic heterocycles. The fraction of sp³-hybridized carbons (Fsp3) is 0.346. The van der Waals surface area contributed by atoms with Crippen molar-refractivity contribution in [1.29, 1.82) is 0 Å². The number of carbonyl (C=O) groups is 1. The van der Waals surface area contributed by atoms with Gasteiger partial charge in [-0.25, -0.2) is 4.98 Å². The Balaban J connectivity index is 1.51. The molecular weight excluding hydrogens is 400 g/mol. The topological polar surface area (TPSA) is 67.2 Å². The summed E-state index contributed by atoms with van der Waals surface area (Å²) in [4.78, 5) is 32.3. The zero-order chi connectivity index (χ0) is 22.5. The summed E-state index contributed by atoms with van der Waals surface area (Å²) in [6.07, 6.45) is 4.23. The van der Waals surface area contributed by atoms with Crippen molar-refractivity contribution in [2.75, 3.05) is 16.8 Å². The Hall–Kier alpha value is -3.41. The van der Waals surface area contributed by atoms with Crippen LogP contribution in [0.2, 0.25) is 0 Å². The van der Waals surface area contributed by atoms with Gasteiger partial charge in [0.2, 0.25) is 11.9 Å². The molecule has 4 rings (SSSR count). The molecule has 2 aromatic carbocycles. The lowest BCUT2D eigenvalue weighted by Gasteiger charge is -2.31. The molecule has 0 saturated carbocycles. The fourth-order valence-electron chi connectivity index (χ4n) is 4.14. The molecule has 2 heterocycles. The van der Waals surface area contributed by atoms with Crippen LogP contribution in [0.25, 0.3) is 0 Å². The van der Waals surface area contributed by atoms with E-state index in [1.54, 1.807) is 0 Å².